The molecule has 1 aliphatic rings. The maximum atomic E-state index is 12.8. The van der Waals surface area contributed by atoms with Crippen LogP contribution in [0, 0.1) is 23.2 Å². The fourth-order valence-electron chi connectivity index (χ4n) is 1.75. The van der Waals surface area contributed by atoms with Gasteiger partial charge in [0.2, 0.25) is 0 Å². The van der Waals surface area contributed by atoms with Crippen molar-refractivity contribution >= 4 is 8.74 Å². The highest BCUT2D eigenvalue weighted by Crippen LogP contribution is 2.59. The lowest BCUT2D eigenvalue weighted by atomic mass is 10.3. The molecule has 0 aromatic heterocycles. The second kappa shape index (κ2) is 2.56. The summed E-state index contributed by atoms with van der Waals surface area (Å²) in [6, 6.07) is 1.95. The Morgan fingerprint density at radius 2 is 2.09 bits per heavy atom. The SMILES string of the molecule is CCC1C(C#N)C1[Si](C)(F)F. The van der Waals surface area contributed by atoms with E-state index >= 15 is 0 Å². The molecular formula is C7H11F2NSi. The lowest BCUT2D eigenvalue weighted by Gasteiger charge is -2.02. The van der Waals surface area contributed by atoms with Gasteiger partial charge in [-0.15, -0.1) is 0 Å². The van der Waals surface area contributed by atoms with E-state index in [1.54, 1.807) is 0 Å². The minimum Gasteiger partial charge on any atom is -0.270 e. The number of hydrogen-bond acceptors (Lipinski definition) is 1. The van der Waals surface area contributed by atoms with Crippen LogP contribution >= 0.6 is 0 Å². The number of nitriles is 1. The van der Waals surface area contributed by atoms with Crippen molar-refractivity contribution in [2.45, 2.75) is 25.4 Å². The minimum absolute atomic E-state index is 0.00772. The molecule has 0 aromatic rings. The molecule has 1 nitrogen and oxygen atoms in total. The third-order valence-electron chi connectivity index (χ3n) is 2.37. The summed E-state index contributed by atoms with van der Waals surface area (Å²) in [5, 5.41) is 8.48. The van der Waals surface area contributed by atoms with E-state index in [1.807, 2.05) is 13.0 Å². The number of nitrogens with zero attached hydrogens (tertiary/aromatic N) is 1. The molecule has 11 heavy (non-hydrogen) atoms. The van der Waals surface area contributed by atoms with E-state index in [0.717, 1.165) is 13.0 Å². The van der Waals surface area contributed by atoms with Crippen molar-refractivity contribution in [1.82, 2.24) is 0 Å². The zero-order valence-corrected chi connectivity index (χ0v) is 7.64. The Morgan fingerprint density at radius 1 is 1.55 bits per heavy atom. The Morgan fingerprint density at radius 3 is 2.18 bits per heavy atom. The second-order valence-corrected chi connectivity index (χ2v) is 5.79. The third kappa shape index (κ3) is 1.43. The fraction of sp³-hybridized carbons (Fsp3) is 0.857. The molecular weight excluding hydrogens is 164 g/mol. The van der Waals surface area contributed by atoms with Crippen LogP contribution in [0.15, 0.2) is 0 Å². The molecule has 0 radical (unpaired) electrons. The van der Waals surface area contributed by atoms with Gasteiger partial charge in [-0.1, -0.05) is 13.3 Å². The monoisotopic (exact) mass is 175 g/mol. The summed E-state index contributed by atoms with van der Waals surface area (Å²) in [5.74, 6) is -0.349. The van der Waals surface area contributed by atoms with Crippen molar-refractivity contribution in [3.63, 3.8) is 0 Å². The van der Waals surface area contributed by atoms with Crippen LogP contribution in [0.1, 0.15) is 13.3 Å². The highest BCUT2D eigenvalue weighted by molar-refractivity contribution is 6.67. The van der Waals surface area contributed by atoms with Gasteiger partial charge in [0.1, 0.15) is 0 Å². The number of rotatable bonds is 2. The first-order valence-electron chi connectivity index (χ1n) is 3.79. The van der Waals surface area contributed by atoms with Crippen LogP contribution in [0.3, 0.4) is 0 Å². The van der Waals surface area contributed by atoms with Gasteiger partial charge in [0.15, 0.2) is 0 Å². The van der Waals surface area contributed by atoms with Gasteiger partial charge in [-0.25, -0.2) is 0 Å². The number of hydrogen-bond donors (Lipinski definition) is 0. The predicted octanol–water partition coefficient (Wildman–Crippen LogP) is 2.55. The summed E-state index contributed by atoms with van der Waals surface area (Å²) in [4.78, 5) is 0. The quantitative estimate of drug-likeness (QED) is 0.467. The summed E-state index contributed by atoms with van der Waals surface area (Å²) in [5.41, 5.74) is -0.544. The lowest BCUT2D eigenvalue weighted by Crippen LogP contribution is -2.18. The lowest BCUT2D eigenvalue weighted by molar-refractivity contribution is 0.591. The topological polar surface area (TPSA) is 23.8 Å². The number of halogens is 2. The molecule has 0 bridgehead atoms. The molecule has 0 saturated heterocycles. The van der Waals surface area contributed by atoms with Gasteiger partial charge in [-0.3, -0.25) is 8.22 Å². The van der Waals surface area contributed by atoms with Crippen LogP contribution in [0.2, 0.25) is 12.1 Å². The molecule has 62 valence electrons. The zero-order chi connectivity index (χ0) is 8.65. The summed E-state index contributed by atoms with van der Waals surface area (Å²) in [6.07, 6.45) is 0.722. The van der Waals surface area contributed by atoms with Crippen molar-refractivity contribution in [3.05, 3.63) is 0 Å². The Hall–Kier alpha value is -0.433. The normalized spacial score (nSPS) is 36.5. The van der Waals surface area contributed by atoms with Crippen LogP contribution in [0.5, 0.6) is 0 Å². The van der Waals surface area contributed by atoms with Gasteiger partial charge in [0.05, 0.1) is 12.0 Å². The van der Waals surface area contributed by atoms with Crippen molar-refractivity contribution in [1.29, 1.82) is 5.26 Å². The Balaban J connectivity index is 2.60. The molecule has 0 amide bonds. The summed E-state index contributed by atoms with van der Waals surface area (Å²) >= 11 is 0. The first-order chi connectivity index (χ1) is 5.02. The first-order valence-corrected chi connectivity index (χ1v) is 6.13. The molecule has 4 heteroatoms. The van der Waals surface area contributed by atoms with Crippen molar-refractivity contribution < 1.29 is 8.22 Å². The molecule has 3 unspecified atom stereocenters. The van der Waals surface area contributed by atoms with Gasteiger partial charge in [0.25, 0.3) is 0 Å². The molecule has 1 fully saturated rings. The van der Waals surface area contributed by atoms with Crippen LogP contribution in [0.4, 0.5) is 8.22 Å². The Labute approximate surface area is 66.4 Å². The average molecular weight is 175 g/mol. The predicted molar refractivity (Wildman–Crippen MR) is 40.5 cm³/mol. The van der Waals surface area contributed by atoms with E-state index in [4.69, 9.17) is 5.26 Å². The highest BCUT2D eigenvalue weighted by Gasteiger charge is 2.62. The van der Waals surface area contributed by atoms with E-state index < -0.39 is 14.3 Å². The van der Waals surface area contributed by atoms with Gasteiger partial charge < -0.3 is 0 Å². The van der Waals surface area contributed by atoms with E-state index in [-0.39, 0.29) is 11.8 Å². The molecule has 1 aliphatic carbocycles. The van der Waals surface area contributed by atoms with E-state index in [1.165, 1.54) is 0 Å². The maximum absolute atomic E-state index is 12.8. The van der Waals surface area contributed by atoms with Gasteiger partial charge >= 0.3 is 8.74 Å². The van der Waals surface area contributed by atoms with Gasteiger partial charge in [-0.05, 0) is 12.5 Å². The Kier molecular flexibility index (Phi) is 2.01. The van der Waals surface area contributed by atoms with Crippen LogP contribution < -0.4 is 0 Å². The first kappa shape index (κ1) is 8.66. The molecule has 0 heterocycles. The van der Waals surface area contributed by atoms with Gasteiger partial charge in [0, 0.05) is 5.54 Å². The molecule has 0 aromatic carbocycles. The molecule has 1 rings (SSSR count). The van der Waals surface area contributed by atoms with Crippen molar-refractivity contribution in [3.8, 4) is 6.07 Å². The largest absolute Gasteiger partial charge is 0.426 e. The molecule has 1 saturated carbocycles. The zero-order valence-electron chi connectivity index (χ0n) is 6.64. The van der Waals surface area contributed by atoms with Crippen molar-refractivity contribution in [2.75, 3.05) is 0 Å². The van der Waals surface area contributed by atoms with Gasteiger partial charge in [-0.2, -0.15) is 5.26 Å². The van der Waals surface area contributed by atoms with E-state index in [0.29, 0.717) is 0 Å². The molecule has 0 spiro atoms. The van der Waals surface area contributed by atoms with Crippen LogP contribution in [0.25, 0.3) is 0 Å². The maximum Gasteiger partial charge on any atom is 0.426 e. The van der Waals surface area contributed by atoms with E-state index in [2.05, 4.69) is 0 Å². The average Bonchev–Trinajstić information content (AvgIpc) is 2.58. The second-order valence-electron chi connectivity index (χ2n) is 3.21. The molecule has 3 atom stereocenters. The highest BCUT2D eigenvalue weighted by atomic mass is 28.4. The standard InChI is InChI=1S/C7H11F2NSi/c1-3-5-6(4-10)7(5)11(2,8)9/h5-7H,3H2,1-2H3. The van der Waals surface area contributed by atoms with Crippen LogP contribution in [-0.4, -0.2) is 8.74 Å². The van der Waals surface area contributed by atoms with Crippen LogP contribution in [-0.2, 0) is 0 Å². The molecule has 0 aliphatic heterocycles. The third-order valence-corrected chi connectivity index (χ3v) is 4.33. The fourth-order valence-corrected chi connectivity index (χ4v) is 3.79. The summed E-state index contributed by atoms with van der Waals surface area (Å²) in [6.45, 7) is 2.91. The van der Waals surface area contributed by atoms with E-state index in [9.17, 15) is 8.22 Å². The summed E-state index contributed by atoms with van der Waals surface area (Å²) in [7, 11) is -4.01. The Bertz CT molecular complexity index is 194. The minimum atomic E-state index is -4.01. The smallest absolute Gasteiger partial charge is 0.270 e. The summed E-state index contributed by atoms with van der Waals surface area (Å²) < 4.78 is 25.5. The van der Waals surface area contributed by atoms with Crippen molar-refractivity contribution in [2.24, 2.45) is 11.8 Å². The molecule has 0 N–H and O–H groups in total.